The van der Waals surface area contributed by atoms with Gasteiger partial charge in [0, 0.05) is 21.7 Å². The summed E-state index contributed by atoms with van der Waals surface area (Å²) in [5.74, 6) is -1.29. The topological polar surface area (TPSA) is 114 Å². The van der Waals surface area contributed by atoms with Gasteiger partial charge in [0.25, 0.3) is 5.91 Å². The molecule has 7 nitrogen and oxygen atoms in total. The zero-order valence-corrected chi connectivity index (χ0v) is 16.9. The van der Waals surface area contributed by atoms with Gasteiger partial charge in [0.05, 0.1) is 11.6 Å². The van der Waals surface area contributed by atoms with Crippen molar-refractivity contribution < 1.29 is 14.4 Å². The van der Waals surface area contributed by atoms with E-state index in [1.807, 2.05) is 6.07 Å². The highest BCUT2D eigenvalue weighted by molar-refractivity contribution is 7.16. The number of hydrogen-bond donors (Lipinski definition) is 3. The molecule has 1 aromatic heterocycles. The molecular formula is C22H20N4O3S. The molecule has 2 aromatic carbocycles. The van der Waals surface area contributed by atoms with E-state index in [2.05, 4.69) is 15.6 Å². The van der Waals surface area contributed by atoms with Gasteiger partial charge in [-0.2, -0.15) is 0 Å². The lowest BCUT2D eigenvalue weighted by atomic mass is 9.90. The van der Waals surface area contributed by atoms with Crippen LogP contribution in [0.3, 0.4) is 0 Å². The van der Waals surface area contributed by atoms with Gasteiger partial charge >= 0.3 is 0 Å². The second kappa shape index (κ2) is 8.46. The normalized spacial score (nSPS) is 15.1. The number of carbonyl (C=O) groups excluding carboxylic acids is 3. The number of anilines is 2. The average Bonchev–Trinajstić information content (AvgIpc) is 3.17. The fourth-order valence-electron chi connectivity index (χ4n) is 3.43. The van der Waals surface area contributed by atoms with Crippen LogP contribution in [0.1, 0.15) is 50.0 Å². The van der Waals surface area contributed by atoms with Crippen molar-refractivity contribution in [3.63, 3.8) is 0 Å². The highest BCUT2D eigenvalue weighted by Crippen LogP contribution is 2.37. The lowest BCUT2D eigenvalue weighted by molar-refractivity contribution is -0.117. The van der Waals surface area contributed by atoms with Gasteiger partial charge in [-0.25, -0.2) is 4.98 Å². The molecule has 1 heterocycles. The van der Waals surface area contributed by atoms with Gasteiger partial charge in [-0.15, -0.1) is 11.3 Å². The van der Waals surface area contributed by atoms with Crippen LogP contribution in [-0.4, -0.2) is 22.7 Å². The third-order valence-electron chi connectivity index (χ3n) is 4.96. The molecular weight excluding hydrogens is 400 g/mol. The molecule has 4 rings (SSSR count). The number of nitrogens with two attached hydrogens (primary N) is 1. The Morgan fingerprint density at radius 1 is 0.967 bits per heavy atom. The van der Waals surface area contributed by atoms with Crippen LogP contribution in [0.5, 0.6) is 0 Å². The summed E-state index contributed by atoms with van der Waals surface area (Å²) in [7, 11) is 0. The third-order valence-corrected chi connectivity index (χ3v) is 6.01. The SMILES string of the molecule is NC(=O)c1ccc(NC(=O)C2CCCc3sc(NC(=O)c4ccccc4)nc32)cc1. The molecule has 8 heteroatoms. The summed E-state index contributed by atoms with van der Waals surface area (Å²) in [6, 6.07) is 15.4. The van der Waals surface area contributed by atoms with Crippen LogP contribution in [0, 0.1) is 0 Å². The molecule has 152 valence electrons. The number of rotatable bonds is 5. The number of nitrogens with one attached hydrogen (secondary N) is 2. The second-order valence-electron chi connectivity index (χ2n) is 7.02. The number of hydrogen-bond acceptors (Lipinski definition) is 5. The summed E-state index contributed by atoms with van der Waals surface area (Å²) in [5, 5.41) is 6.21. The predicted molar refractivity (Wildman–Crippen MR) is 116 cm³/mol. The van der Waals surface area contributed by atoms with Crippen molar-refractivity contribution in [2.24, 2.45) is 5.73 Å². The number of carbonyl (C=O) groups is 3. The van der Waals surface area contributed by atoms with Crippen LogP contribution >= 0.6 is 11.3 Å². The van der Waals surface area contributed by atoms with Crippen molar-refractivity contribution in [3.05, 3.63) is 76.3 Å². The van der Waals surface area contributed by atoms with Crippen LogP contribution in [0.25, 0.3) is 0 Å². The van der Waals surface area contributed by atoms with E-state index in [0.717, 1.165) is 23.4 Å². The van der Waals surface area contributed by atoms with Gasteiger partial charge in [0.1, 0.15) is 0 Å². The van der Waals surface area contributed by atoms with E-state index in [1.54, 1.807) is 48.5 Å². The number of thiazole rings is 1. The van der Waals surface area contributed by atoms with Crippen LogP contribution in [0.15, 0.2) is 54.6 Å². The Morgan fingerprint density at radius 3 is 2.40 bits per heavy atom. The molecule has 1 unspecified atom stereocenters. The fourth-order valence-corrected chi connectivity index (χ4v) is 4.49. The molecule has 3 amide bonds. The molecule has 30 heavy (non-hydrogen) atoms. The van der Waals surface area contributed by atoms with Gasteiger partial charge in [0.2, 0.25) is 11.8 Å². The summed E-state index contributed by atoms with van der Waals surface area (Å²) in [5.41, 5.74) is 7.49. The minimum atomic E-state index is -0.516. The van der Waals surface area contributed by atoms with Gasteiger partial charge in [-0.1, -0.05) is 18.2 Å². The van der Waals surface area contributed by atoms with Crippen molar-refractivity contribution in [1.29, 1.82) is 0 Å². The number of aromatic nitrogens is 1. The fraction of sp³-hybridized carbons (Fsp3) is 0.182. The van der Waals surface area contributed by atoms with Crippen molar-refractivity contribution in [2.75, 3.05) is 10.6 Å². The Kier molecular flexibility index (Phi) is 5.58. The number of amides is 3. The number of nitrogens with zero attached hydrogens (tertiary/aromatic N) is 1. The monoisotopic (exact) mass is 420 g/mol. The lowest BCUT2D eigenvalue weighted by Gasteiger charge is -2.20. The van der Waals surface area contributed by atoms with Gasteiger partial charge < -0.3 is 11.1 Å². The maximum absolute atomic E-state index is 12.9. The molecule has 1 aliphatic rings. The average molecular weight is 420 g/mol. The van der Waals surface area contributed by atoms with Gasteiger partial charge in [-0.05, 0) is 55.7 Å². The molecule has 1 atom stereocenters. The Hall–Kier alpha value is -3.52. The van der Waals surface area contributed by atoms with E-state index in [4.69, 9.17) is 5.73 Å². The highest BCUT2D eigenvalue weighted by atomic mass is 32.1. The smallest absolute Gasteiger partial charge is 0.257 e. The molecule has 0 aliphatic heterocycles. The summed E-state index contributed by atoms with van der Waals surface area (Å²) in [6.45, 7) is 0. The van der Waals surface area contributed by atoms with E-state index in [-0.39, 0.29) is 17.7 Å². The Morgan fingerprint density at radius 2 is 1.70 bits per heavy atom. The van der Waals surface area contributed by atoms with Crippen molar-refractivity contribution in [3.8, 4) is 0 Å². The van der Waals surface area contributed by atoms with E-state index >= 15 is 0 Å². The van der Waals surface area contributed by atoms with Crippen molar-refractivity contribution in [2.45, 2.75) is 25.2 Å². The summed E-state index contributed by atoms with van der Waals surface area (Å²) in [4.78, 5) is 42.0. The molecule has 0 spiro atoms. The Balaban J connectivity index is 1.48. The summed E-state index contributed by atoms with van der Waals surface area (Å²) >= 11 is 1.42. The minimum Gasteiger partial charge on any atom is -0.366 e. The lowest BCUT2D eigenvalue weighted by Crippen LogP contribution is -2.24. The van der Waals surface area contributed by atoms with Gasteiger partial charge in [-0.3, -0.25) is 19.7 Å². The molecule has 3 aromatic rings. The van der Waals surface area contributed by atoms with E-state index in [1.165, 1.54) is 11.3 Å². The number of primary amides is 1. The van der Waals surface area contributed by atoms with Crippen LogP contribution in [0.4, 0.5) is 10.8 Å². The highest BCUT2D eigenvalue weighted by Gasteiger charge is 2.30. The molecule has 0 saturated carbocycles. The minimum absolute atomic E-state index is 0.158. The maximum atomic E-state index is 12.9. The molecule has 0 saturated heterocycles. The van der Waals surface area contributed by atoms with Crippen molar-refractivity contribution in [1.82, 2.24) is 4.98 Å². The van der Waals surface area contributed by atoms with E-state index in [0.29, 0.717) is 28.4 Å². The molecule has 1 aliphatic carbocycles. The van der Waals surface area contributed by atoms with Crippen LogP contribution in [-0.2, 0) is 11.2 Å². The standard InChI is InChI=1S/C22H20N4O3S/c23-19(27)13-9-11-15(12-10-13)24-21(29)16-7-4-8-17-18(16)25-22(30-17)26-20(28)14-5-2-1-3-6-14/h1-3,5-6,9-12,16H,4,7-8H2,(H2,23,27)(H,24,29)(H,25,26,28). The van der Waals surface area contributed by atoms with E-state index in [9.17, 15) is 14.4 Å². The number of aryl methyl sites for hydroxylation is 1. The summed E-state index contributed by atoms with van der Waals surface area (Å²) in [6.07, 6.45) is 2.40. The maximum Gasteiger partial charge on any atom is 0.257 e. The first kappa shape index (κ1) is 19.8. The van der Waals surface area contributed by atoms with Gasteiger partial charge in [0.15, 0.2) is 5.13 Å². The third kappa shape index (κ3) is 4.23. The first-order valence-corrected chi connectivity index (χ1v) is 10.4. The predicted octanol–water partition coefficient (Wildman–Crippen LogP) is 3.55. The Bertz CT molecular complexity index is 1090. The zero-order valence-electron chi connectivity index (χ0n) is 16.1. The van der Waals surface area contributed by atoms with Crippen LogP contribution < -0.4 is 16.4 Å². The first-order valence-electron chi connectivity index (χ1n) is 9.58. The van der Waals surface area contributed by atoms with E-state index < -0.39 is 5.91 Å². The first-order chi connectivity index (χ1) is 14.5. The zero-order chi connectivity index (χ0) is 21.1. The molecule has 0 fully saturated rings. The molecule has 4 N–H and O–H groups in total. The van der Waals surface area contributed by atoms with Crippen LogP contribution in [0.2, 0.25) is 0 Å². The second-order valence-corrected chi connectivity index (χ2v) is 8.11. The molecule has 0 radical (unpaired) electrons. The summed E-state index contributed by atoms with van der Waals surface area (Å²) < 4.78 is 0. The quantitative estimate of drug-likeness (QED) is 0.585. The number of fused-ring (bicyclic) bond motifs is 1. The largest absolute Gasteiger partial charge is 0.366 e. The van der Waals surface area contributed by atoms with Crippen molar-refractivity contribution >= 4 is 39.9 Å². The molecule has 0 bridgehead atoms. The number of benzene rings is 2. The Labute approximate surface area is 177 Å².